The van der Waals surface area contributed by atoms with E-state index in [1.165, 1.54) is 11.3 Å². The summed E-state index contributed by atoms with van der Waals surface area (Å²) in [6.07, 6.45) is 1.40. The standard InChI is InChI=1S/C22H23N3O6S/c1-4-30-19(26)10-14-12-32-21(23-14)24-20(27)22(7-8-22)18-11-16(31-25-18)13-5-6-15(28-2)17(9-13)29-3/h5-6,9,11-12H,4,7-8,10H2,1-3H3,(H,23,24,27). The highest BCUT2D eigenvalue weighted by Crippen LogP contribution is 2.49. The molecule has 0 atom stereocenters. The molecule has 1 amide bonds. The van der Waals surface area contributed by atoms with Crippen LogP contribution in [0.25, 0.3) is 11.3 Å². The third-order valence-corrected chi connectivity index (χ3v) is 6.06. The van der Waals surface area contributed by atoms with Crippen LogP contribution in [0.4, 0.5) is 5.13 Å². The zero-order chi connectivity index (χ0) is 22.7. The van der Waals surface area contributed by atoms with E-state index < -0.39 is 5.41 Å². The highest BCUT2D eigenvalue weighted by molar-refractivity contribution is 7.14. The topological polar surface area (TPSA) is 113 Å². The molecule has 0 saturated heterocycles. The Balaban J connectivity index is 1.47. The Bertz CT molecular complexity index is 1130. The number of carbonyl (C=O) groups is 2. The maximum atomic E-state index is 13.0. The second kappa shape index (κ2) is 8.99. The molecule has 1 aliphatic rings. The van der Waals surface area contributed by atoms with Crippen LogP contribution in [0.2, 0.25) is 0 Å². The number of rotatable bonds is 9. The first-order valence-electron chi connectivity index (χ1n) is 10.1. The first kappa shape index (κ1) is 21.8. The summed E-state index contributed by atoms with van der Waals surface area (Å²) in [5.41, 5.74) is 1.15. The maximum absolute atomic E-state index is 13.0. The van der Waals surface area contributed by atoms with Gasteiger partial charge in [0.2, 0.25) is 5.91 Å². The summed E-state index contributed by atoms with van der Waals surface area (Å²) in [4.78, 5) is 28.9. The van der Waals surface area contributed by atoms with Gasteiger partial charge in [0, 0.05) is 17.0 Å². The third-order valence-electron chi connectivity index (χ3n) is 5.26. The van der Waals surface area contributed by atoms with Gasteiger partial charge in [-0.1, -0.05) is 5.16 Å². The first-order valence-corrected chi connectivity index (χ1v) is 11.0. The van der Waals surface area contributed by atoms with Crippen molar-refractivity contribution in [3.8, 4) is 22.8 Å². The SMILES string of the molecule is CCOC(=O)Cc1csc(NC(=O)C2(c3cc(-c4ccc(OC)c(OC)c4)on3)CC2)n1. The molecule has 0 aliphatic heterocycles. The average Bonchev–Trinajstić information content (AvgIpc) is 3.24. The number of benzene rings is 1. The van der Waals surface area contributed by atoms with E-state index in [0.29, 0.717) is 53.2 Å². The van der Waals surface area contributed by atoms with Crippen LogP contribution < -0.4 is 14.8 Å². The fourth-order valence-corrected chi connectivity index (χ4v) is 4.08. The number of amides is 1. The third kappa shape index (κ3) is 4.31. The molecule has 10 heteroatoms. The lowest BCUT2D eigenvalue weighted by Crippen LogP contribution is -2.28. The Morgan fingerprint density at radius 3 is 2.66 bits per heavy atom. The van der Waals surface area contributed by atoms with Crippen molar-refractivity contribution in [2.75, 3.05) is 26.1 Å². The molecule has 1 saturated carbocycles. The molecule has 0 radical (unpaired) electrons. The van der Waals surface area contributed by atoms with Gasteiger partial charge in [-0.15, -0.1) is 11.3 Å². The van der Waals surface area contributed by atoms with E-state index in [9.17, 15) is 9.59 Å². The minimum absolute atomic E-state index is 0.0727. The van der Waals surface area contributed by atoms with E-state index in [4.69, 9.17) is 18.7 Å². The Labute approximate surface area is 188 Å². The van der Waals surface area contributed by atoms with E-state index in [-0.39, 0.29) is 18.3 Å². The lowest BCUT2D eigenvalue weighted by molar-refractivity contribution is -0.142. The van der Waals surface area contributed by atoms with Crippen molar-refractivity contribution in [1.29, 1.82) is 0 Å². The molecule has 0 spiro atoms. The Hall–Kier alpha value is -3.40. The Morgan fingerprint density at radius 2 is 1.97 bits per heavy atom. The van der Waals surface area contributed by atoms with Gasteiger partial charge in [-0.2, -0.15) is 0 Å². The Kier molecular flexibility index (Phi) is 6.13. The van der Waals surface area contributed by atoms with E-state index in [1.54, 1.807) is 44.7 Å². The number of methoxy groups -OCH3 is 2. The van der Waals surface area contributed by atoms with Gasteiger partial charge in [0.05, 0.1) is 44.1 Å². The van der Waals surface area contributed by atoms with Crippen LogP contribution in [-0.4, -0.2) is 42.8 Å². The number of esters is 1. The van der Waals surface area contributed by atoms with Crippen LogP contribution in [0, 0.1) is 0 Å². The number of carbonyl (C=O) groups excluding carboxylic acids is 2. The van der Waals surface area contributed by atoms with E-state index in [2.05, 4.69) is 15.5 Å². The number of hydrogen-bond donors (Lipinski definition) is 1. The predicted octanol–water partition coefficient (Wildman–Crippen LogP) is 3.59. The molecular weight excluding hydrogens is 434 g/mol. The van der Waals surface area contributed by atoms with Crippen molar-refractivity contribution in [2.45, 2.75) is 31.6 Å². The molecule has 3 aromatic rings. The summed E-state index contributed by atoms with van der Waals surface area (Å²) in [7, 11) is 3.13. The quantitative estimate of drug-likeness (QED) is 0.485. The fraction of sp³-hybridized carbons (Fsp3) is 0.364. The highest BCUT2D eigenvalue weighted by Gasteiger charge is 2.54. The molecule has 1 aromatic carbocycles. The van der Waals surface area contributed by atoms with Crippen molar-refractivity contribution in [3.63, 3.8) is 0 Å². The highest BCUT2D eigenvalue weighted by atomic mass is 32.1. The number of hydrogen-bond acceptors (Lipinski definition) is 9. The summed E-state index contributed by atoms with van der Waals surface area (Å²) >= 11 is 1.27. The Morgan fingerprint density at radius 1 is 1.19 bits per heavy atom. The molecule has 4 rings (SSSR count). The van der Waals surface area contributed by atoms with Crippen LogP contribution in [0.1, 0.15) is 31.2 Å². The van der Waals surface area contributed by atoms with Gasteiger partial charge < -0.3 is 24.1 Å². The molecule has 168 valence electrons. The van der Waals surface area contributed by atoms with Gasteiger partial charge in [0.15, 0.2) is 22.4 Å². The minimum atomic E-state index is -0.745. The van der Waals surface area contributed by atoms with Gasteiger partial charge in [0.1, 0.15) is 0 Å². The van der Waals surface area contributed by atoms with Gasteiger partial charge >= 0.3 is 5.97 Å². The zero-order valence-electron chi connectivity index (χ0n) is 18.0. The second-order valence-electron chi connectivity index (χ2n) is 7.31. The van der Waals surface area contributed by atoms with Crippen molar-refractivity contribution in [3.05, 3.63) is 41.0 Å². The normalized spacial score (nSPS) is 14.0. The van der Waals surface area contributed by atoms with Crippen molar-refractivity contribution >= 4 is 28.3 Å². The first-order chi connectivity index (χ1) is 15.5. The summed E-state index contributed by atoms with van der Waals surface area (Å²) in [5.74, 6) is 1.18. The molecular formula is C22H23N3O6S. The molecule has 2 heterocycles. The number of ether oxygens (including phenoxy) is 3. The summed E-state index contributed by atoms with van der Waals surface area (Å²) < 4.78 is 21.1. The van der Waals surface area contributed by atoms with Crippen molar-refractivity contribution < 1.29 is 28.3 Å². The van der Waals surface area contributed by atoms with E-state index >= 15 is 0 Å². The number of thiazole rings is 1. The summed E-state index contributed by atoms with van der Waals surface area (Å²) in [6, 6.07) is 7.20. The maximum Gasteiger partial charge on any atom is 0.311 e. The van der Waals surface area contributed by atoms with Gasteiger partial charge in [-0.25, -0.2) is 4.98 Å². The van der Waals surface area contributed by atoms with Gasteiger partial charge in [-0.05, 0) is 38.0 Å². The fourth-order valence-electron chi connectivity index (χ4n) is 3.37. The molecule has 1 N–H and O–H groups in total. The number of anilines is 1. The largest absolute Gasteiger partial charge is 0.493 e. The lowest BCUT2D eigenvalue weighted by atomic mass is 10.0. The molecule has 0 bridgehead atoms. The predicted molar refractivity (Wildman–Crippen MR) is 117 cm³/mol. The second-order valence-corrected chi connectivity index (χ2v) is 8.17. The summed E-state index contributed by atoms with van der Waals surface area (Å²) in [5, 5.41) is 9.18. The van der Waals surface area contributed by atoms with Crippen LogP contribution >= 0.6 is 11.3 Å². The van der Waals surface area contributed by atoms with Crippen LogP contribution in [0.5, 0.6) is 11.5 Å². The molecule has 1 aliphatic carbocycles. The van der Waals surface area contributed by atoms with Crippen LogP contribution in [0.15, 0.2) is 34.2 Å². The monoisotopic (exact) mass is 457 g/mol. The number of aromatic nitrogens is 2. The smallest absolute Gasteiger partial charge is 0.311 e. The van der Waals surface area contributed by atoms with Gasteiger partial charge in [-0.3, -0.25) is 9.59 Å². The number of nitrogens with zero attached hydrogens (tertiary/aromatic N) is 2. The molecule has 1 fully saturated rings. The van der Waals surface area contributed by atoms with Crippen LogP contribution in [-0.2, 0) is 26.2 Å². The molecule has 32 heavy (non-hydrogen) atoms. The summed E-state index contributed by atoms with van der Waals surface area (Å²) in [6.45, 7) is 2.07. The van der Waals surface area contributed by atoms with E-state index in [1.807, 2.05) is 6.07 Å². The van der Waals surface area contributed by atoms with Crippen molar-refractivity contribution in [2.24, 2.45) is 0 Å². The zero-order valence-corrected chi connectivity index (χ0v) is 18.8. The molecule has 2 aromatic heterocycles. The average molecular weight is 458 g/mol. The molecule has 0 unspecified atom stereocenters. The van der Waals surface area contributed by atoms with E-state index in [0.717, 1.165) is 5.56 Å². The molecule has 9 nitrogen and oxygen atoms in total. The minimum Gasteiger partial charge on any atom is -0.493 e. The van der Waals surface area contributed by atoms with Crippen LogP contribution in [0.3, 0.4) is 0 Å². The van der Waals surface area contributed by atoms with Gasteiger partial charge in [0.25, 0.3) is 0 Å². The lowest BCUT2D eigenvalue weighted by Gasteiger charge is -2.10. The number of nitrogens with one attached hydrogen (secondary N) is 1. The van der Waals surface area contributed by atoms with Crippen molar-refractivity contribution in [1.82, 2.24) is 10.1 Å².